The largest absolute Gasteiger partial charge is 0.347 e. The minimum atomic E-state index is -0.479. The molecule has 0 radical (unpaired) electrons. The predicted molar refractivity (Wildman–Crippen MR) is 96.9 cm³/mol. The Morgan fingerprint density at radius 3 is 2.48 bits per heavy atom. The maximum atomic E-state index is 12.5. The van der Waals surface area contributed by atoms with Gasteiger partial charge in [0.05, 0.1) is 6.54 Å². The third kappa shape index (κ3) is 5.89. The van der Waals surface area contributed by atoms with E-state index in [0.717, 1.165) is 6.42 Å². The van der Waals surface area contributed by atoms with Crippen molar-refractivity contribution >= 4 is 23.4 Å². The van der Waals surface area contributed by atoms with Crippen LogP contribution in [0.1, 0.15) is 40.0 Å². The van der Waals surface area contributed by atoms with Crippen LogP contribution in [0.25, 0.3) is 0 Å². The highest BCUT2D eigenvalue weighted by Gasteiger charge is 2.34. The molecule has 1 aromatic rings. The van der Waals surface area contributed by atoms with Crippen molar-refractivity contribution in [2.24, 2.45) is 5.41 Å². The van der Waals surface area contributed by atoms with Gasteiger partial charge in [0.1, 0.15) is 6.04 Å². The lowest BCUT2D eigenvalue weighted by molar-refractivity contribution is -0.137. The molecule has 3 amide bonds. The Morgan fingerprint density at radius 2 is 1.84 bits per heavy atom. The number of para-hydroxylation sites is 1. The van der Waals surface area contributed by atoms with Gasteiger partial charge in [0.25, 0.3) is 0 Å². The highest BCUT2D eigenvalue weighted by Crippen LogP contribution is 2.20. The van der Waals surface area contributed by atoms with Crippen LogP contribution < -0.4 is 10.6 Å². The summed E-state index contributed by atoms with van der Waals surface area (Å²) in [6, 6.07) is 8.71. The van der Waals surface area contributed by atoms with Crippen LogP contribution in [0.3, 0.4) is 0 Å². The fourth-order valence-electron chi connectivity index (χ4n) is 2.90. The summed E-state index contributed by atoms with van der Waals surface area (Å²) in [4.78, 5) is 38.3. The quantitative estimate of drug-likeness (QED) is 0.858. The number of nitrogens with zero attached hydrogens (tertiary/aromatic N) is 1. The predicted octanol–water partition coefficient (Wildman–Crippen LogP) is 2.17. The van der Waals surface area contributed by atoms with Crippen molar-refractivity contribution in [1.82, 2.24) is 10.2 Å². The number of nitrogens with one attached hydrogen (secondary N) is 2. The molecule has 1 aliphatic heterocycles. The van der Waals surface area contributed by atoms with Crippen LogP contribution in [0, 0.1) is 5.41 Å². The summed E-state index contributed by atoms with van der Waals surface area (Å²) in [5.41, 5.74) is 0.587. The number of benzene rings is 1. The zero-order chi connectivity index (χ0) is 18.4. The van der Waals surface area contributed by atoms with Crippen LogP contribution in [0.4, 0.5) is 5.69 Å². The van der Waals surface area contributed by atoms with E-state index < -0.39 is 6.04 Å². The highest BCUT2D eigenvalue weighted by molar-refractivity contribution is 5.98. The minimum absolute atomic E-state index is 0.0654. The van der Waals surface area contributed by atoms with Crippen molar-refractivity contribution in [3.63, 3.8) is 0 Å². The van der Waals surface area contributed by atoms with Crippen LogP contribution in [-0.4, -0.2) is 41.8 Å². The molecule has 0 spiro atoms. The summed E-state index contributed by atoms with van der Waals surface area (Å²) >= 11 is 0. The molecular weight excluding hydrogens is 318 g/mol. The first kappa shape index (κ1) is 19.0. The number of hydrogen-bond donors (Lipinski definition) is 2. The maximum absolute atomic E-state index is 12.5. The van der Waals surface area contributed by atoms with E-state index in [1.807, 2.05) is 51.1 Å². The number of hydrogen-bond acceptors (Lipinski definition) is 3. The number of rotatable bonds is 5. The van der Waals surface area contributed by atoms with E-state index in [0.29, 0.717) is 25.1 Å². The third-order valence-electron chi connectivity index (χ3n) is 4.04. The van der Waals surface area contributed by atoms with Gasteiger partial charge >= 0.3 is 0 Å². The van der Waals surface area contributed by atoms with Crippen LogP contribution in [-0.2, 0) is 14.4 Å². The van der Waals surface area contributed by atoms with Crippen molar-refractivity contribution in [3.05, 3.63) is 30.3 Å². The summed E-state index contributed by atoms with van der Waals surface area (Å²) < 4.78 is 0. The Labute approximate surface area is 149 Å². The molecule has 1 saturated heterocycles. The number of carbonyl (C=O) groups is 3. The highest BCUT2D eigenvalue weighted by atomic mass is 16.2. The first-order chi connectivity index (χ1) is 11.8. The molecule has 0 aromatic heterocycles. The van der Waals surface area contributed by atoms with Gasteiger partial charge in [-0.1, -0.05) is 39.0 Å². The number of likely N-dealkylation sites (tertiary alicyclic amines) is 1. The summed E-state index contributed by atoms with van der Waals surface area (Å²) in [5, 5.41) is 5.51. The first-order valence-corrected chi connectivity index (χ1v) is 8.68. The topological polar surface area (TPSA) is 78.5 Å². The molecule has 0 bridgehead atoms. The van der Waals surface area contributed by atoms with Gasteiger partial charge in [0.2, 0.25) is 17.7 Å². The lowest BCUT2D eigenvalue weighted by Gasteiger charge is -2.24. The van der Waals surface area contributed by atoms with Crippen LogP contribution in [0.15, 0.2) is 30.3 Å². The zero-order valence-corrected chi connectivity index (χ0v) is 15.2. The zero-order valence-electron chi connectivity index (χ0n) is 15.2. The molecule has 2 rings (SSSR count). The fraction of sp³-hybridized carbons (Fsp3) is 0.526. The molecule has 6 heteroatoms. The number of amides is 3. The molecular formula is C19H27N3O3. The summed E-state index contributed by atoms with van der Waals surface area (Å²) in [6.45, 7) is 6.39. The van der Waals surface area contributed by atoms with E-state index in [2.05, 4.69) is 10.6 Å². The van der Waals surface area contributed by atoms with Gasteiger partial charge < -0.3 is 15.5 Å². The third-order valence-corrected chi connectivity index (χ3v) is 4.04. The summed E-state index contributed by atoms with van der Waals surface area (Å²) in [7, 11) is 0. The molecule has 2 N–H and O–H groups in total. The Hall–Kier alpha value is -2.37. The normalized spacial score (nSPS) is 17.2. The van der Waals surface area contributed by atoms with Crippen molar-refractivity contribution in [3.8, 4) is 0 Å². The minimum Gasteiger partial charge on any atom is -0.347 e. The lowest BCUT2D eigenvalue weighted by Crippen LogP contribution is -2.47. The van der Waals surface area contributed by atoms with Gasteiger partial charge in [-0.15, -0.1) is 0 Å². The summed E-state index contributed by atoms with van der Waals surface area (Å²) in [6.07, 6.45) is 1.78. The fourth-order valence-corrected chi connectivity index (χ4v) is 2.90. The molecule has 1 atom stereocenters. The standard InChI is InChI=1S/C19H27N3O3/c1-19(2,3)12-16(23)20-13-17(24)22-11-7-10-15(22)18(25)21-14-8-5-4-6-9-14/h4-6,8-9,15H,7,10-13H2,1-3H3,(H,20,23)(H,21,25)/t15-/m1/s1. The Kier molecular flexibility index (Phi) is 6.17. The van der Waals surface area contributed by atoms with Crippen molar-refractivity contribution in [2.75, 3.05) is 18.4 Å². The Morgan fingerprint density at radius 1 is 1.16 bits per heavy atom. The first-order valence-electron chi connectivity index (χ1n) is 8.68. The van der Waals surface area contributed by atoms with Crippen molar-refractivity contribution in [1.29, 1.82) is 0 Å². The second-order valence-electron chi connectivity index (χ2n) is 7.61. The van der Waals surface area contributed by atoms with Gasteiger partial charge in [-0.05, 0) is 30.4 Å². The molecule has 1 aliphatic rings. The van der Waals surface area contributed by atoms with E-state index in [4.69, 9.17) is 0 Å². The average Bonchev–Trinajstić information content (AvgIpc) is 3.01. The molecule has 25 heavy (non-hydrogen) atoms. The Balaban J connectivity index is 1.88. The van der Waals surface area contributed by atoms with Gasteiger partial charge in [-0.25, -0.2) is 0 Å². The molecule has 136 valence electrons. The van der Waals surface area contributed by atoms with Crippen LogP contribution in [0.2, 0.25) is 0 Å². The van der Waals surface area contributed by atoms with E-state index in [1.165, 1.54) is 0 Å². The van der Waals surface area contributed by atoms with Gasteiger partial charge in [0.15, 0.2) is 0 Å². The molecule has 0 unspecified atom stereocenters. The van der Waals surface area contributed by atoms with Crippen LogP contribution >= 0.6 is 0 Å². The smallest absolute Gasteiger partial charge is 0.247 e. The van der Waals surface area contributed by atoms with Crippen molar-refractivity contribution < 1.29 is 14.4 Å². The Bertz CT molecular complexity index is 623. The van der Waals surface area contributed by atoms with Crippen LogP contribution in [0.5, 0.6) is 0 Å². The van der Waals surface area contributed by atoms with E-state index >= 15 is 0 Å². The molecule has 0 saturated carbocycles. The molecule has 1 heterocycles. The number of anilines is 1. The molecule has 1 fully saturated rings. The molecule has 6 nitrogen and oxygen atoms in total. The van der Waals surface area contributed by atoms with E-state index in [9.17, 15) is 14.4 Å². The number of carbonyl (C=O) groups excluding carboxylic acids is 3. The lowest BCUT2D eigenvalue weighted by atomic mass is 9.92. The second-order valence-corrected chi connectivity index (χ2v) is 7.61. The van der Waals surface area contributed by atoms with Gasteiger partial charge in [-0.3, -0.25) is 14.4 Å². The molecule has 0 aliphatic carbocycles. The van der Waals surface area contributed by atoms with Gasteiger partial charge in [-0.2, -0.15) is 0 Å². The van der Waals surface area contributed by atoms with Crippen molar-refractivity contribution in [2.45, 2.75) is 46.1 Å². The SMILES string of the molecule is CC(C)(C)CC(=O)NCC(=O)N1CCC[C@@H]1C(=O)Nc1ccccc1. The van der Waals surface area contributed by atoms with E-state index in [1.54, 1.807) is 4.90 Å². The monoisotopic (exact) mass is 345 g/mol. The second kappa shape index (κ2) is 8.14. The average molecular weight is 345 g/mol. The van der Waals surface area contributed by atoms with Gasteiger partial charge in [0, 0.05) is 18.7 Å². The maximum Gasteiger partial charge on any atom is 0.247 e. The van der Waals surface area contributed by atoms with E-state index in [-0.39, 0.29) is 29.7 Å². The molecule has 1 aromatic carbocycles. The summed E-state index contributed by atoms with van der Waals surface area (Å²) in [5.74, 6) is -0.545.